The number of benzene rings is 2. The molecule has 0 saturated carbocycles. The minimum atomic E-state index is -0.287. The molecule has 1 aliphatic carbocycles. The van der Waals surface area contributed by atoms with Crippen LogP contribution < -0.4 is 11.1 Å². The summed E-state index contributed by atoms with van der Waals surface area (Å²) < 4.78 is 13.9. The molecule has 2 aromatic carbocycles. The summed E-state index contributed by atoms with van der Waals surface area (Å²) in [6, 6.07) is 13.7. The normalized spacial score (nSPS) is 16.5. The Bertz CT molecular complexity index is 876. The van der Waals surface area contributed by atoms with Crippen molar-refractivity contribution in [1.82, 2.24) is 4.98 Å². The second-order valence-electron chi connectivity index (χ2n) is 5.97. The zero-order chi connectivity index (χ0) is 15.8. The van der Waals surface area contributed by atoms with E-state index in [1.807, 2.05) is 12.1 Å². The van der Waals surface area contributed by atoms with Crippen molar-refractivity contribution in [2.45, 2.75) is 25.4 Å². The van der Waals surface area contributed by atoms with Gasteiger partial charge in [0, 0.05) is 23.8 Å². The van der Waals surface area contributed by atoms with Crippen LogP contribution in [0.15, 0.2) is 48.7 Å². The zero-order valence-electron chi connectivity index (χ0n) is 12.7. The van der Waals surface area contributed by atoms with E-state index in [-0.39, 0.29) is 11.9 Å². The second-order valence-corrected chi connectivity index (χ2v) is 5.97. The summed E-state index contributed by atoms with van der Waals surface area (Å²) in [6.07, 6.45) is 3.72. The molecule has 0 saturated heterocycles. The van der Waals surface area contributed by atoms with Gasteiger partial charge in [0.25, 0.3) is 0 Å². The number of nitrogens with zero attached hydrogens (tertiary/aromatic N) is 1. The number of hydrogen-bond acceptors (Lipinski definition) is 3. The average Bonchev–Trinajstić information content (AvgIpc) is 2.98. The summed E-state index contributed by atoms with van der Waals surface area (Å²) in [4.78, 5) is 4.15. The fourth-order valence-corrected chi connectivity index (χ4v) is 3.40. The number of nitrogens with two attached hydrogens (primary N) is 1. The van der Waals surface area contributed by atoms with Gasteiger partial charge in [-0.2, -0.15) is 0 Å². The van der Waals surface area contributed by atoms with Crippen LogP contribution in [0.4, 0.5) is 10.1 Å². The lowest BCUT2D eigenvalue weighted by Gasteiger charge is -2.17. The number of para-hydroxylation sites is 1. The summed E-state index contributed by atoms with van der Waals surface area (Å²) in [7, 11) is 0. The first-order valence-electron chi connectivity index (χ1n) is 7.88. The minimum absolute atomic E-state index is 0.241. The van der Waals surface area contributed by atoms with Crippen LogP contribution in [-0.4, -0.2) is 4.98 Å². The molecule has 0 radical (unpaired) electrons. The van der Waals surface area contributed by atoms with Crippen molar-refractivity contribution in [1.29, 1.82) is 0 Å². The van der Waals surface area contributed by atoms with Crippen molar-refractivity contribution >= 4 is 16.6 Å². The van der Waals surface area contributed by atoms with Crippen molar-refractivity contribution in [3.63, 3.8) is 0 Å². The van der Waals surface area contributed by atoms with Crippen molar-refractivity contribution in [2.75, 3.05) is 5.32 Å². The maximum atomic E-state index is 13.9. The molecule has 4 heteroatoms. The number of hydrogen-bond donors (Lipinski definition) is 2. The highest BCUT2D eigenvalue weighted by atomic mass is 19.1. The maximum absolute atomic E-state index is 13.9. The maximum Gasteiger partial charge on any atom is 0.149 e. The number of aromatic nitrogens is 1. The monoisotopic (exact) mass is 307 g/mol. The number of nitrogens with one attached hydrogen (secondary N) is 1. The van der Waals surface area contributed by atoms with Crippen molar-refractivity contribution in [3.8, 4) is 0 Å². The van der Waals surface area contributed by atoms with Gasteiger partial charge in [0.05, 0.1) is 6.04 Å². The first-order chi connectivity index (χ1) is 11.3. The van der Waals surface area contributed by atoms with Gasteiger partial charge < -0.3 is 11.1 Å². The van der Waals surface area contributed by atoms with Crippen LogP contribution in [0.25, 0.3) is 10.9 Å². The van der Waals surface area contributed by atoms with Gasteiger partial charge in [0.2, 0.25) is 0 Å². The molecule has 1 aromatic heterocycles. The fourth-order valence-electron chi connectivity index (χ4n) is 3.40. The lowest BCUT2D eigenvalue weighted by atomic mass is 10.0. The second kappa shape index (κ2) is 5.63. The van der Waals surface area contributed by atoms with Crippen LogP contribution in [0.3, 0.4) is 0 Å². The van der Waals surface area contributed by atoms with E-state index in [1.54, 1.807) is 12.3 Å². The third-order valence-electron chi connectivity index (χ3n) is 4.57. The van der Waals surface area contributed by atoms with Crippen LogP contribution in [0.1, 0.15) is 29.2 Å². The molecule has 3 N–H and O–H groups in total. The molecule has 23 heavy (non-hydrogen) atoms. The fraction of sp³-hybridized carbons (Fsp3) is 0.211. The Morgan fingerprint density at radius 3 is 3.00 bits per heavy atom. The topological polar surface area (TPSA) is 50.9 Å². The summed E-state index contributed by atoms with van der Waals surface area (Å²) in [5, 5.41) is 4.39. The molecular weight excluding hydrogens is 289 g/mol. The molecule has 0 amide bonds. The molecule has 1 aliphatic rings. The molecule has 0 fully saturated rings. The Labute approximate surface area is 134 Å². The molecule has 0 bridgehead atoms. The standard InChI is InChI=1S/C19H18FN3/c20-16-3-1-2-15-18(8-9-22-19(15)16)23-17-7-5-13-10-12(11-21)4-6-14(13)17/h1-4,6,8-10,17H,5,7,11,21H2,(H,22,23). The molecule has 116 valence electrons. The van der Waals surface area contributed by atoms with E-state index in [9.17, 15) is 4.39 Å². The van der Waals surface area contributed by atoms with E-state index < -0.39 is 0 Å². The molecule has 0 spiro atoms. The third kappa shape index (κ3) is 2.45. The molecule has 1 atom stereocenters. The van der Waals surface area contributed by atoms with E-state index in [4.69, 9.17) is 5.73 Å². The van der Waals surface area contributed by atoms with Gasteiger partial charge in [-0.05, 0) is 41.7 Å². The summed E-state index contributed by atoms with van der Waals surface area (Å²) >= 11 is 0. The predicted octanol–water partition coefficient (Wildman–Crippen LogP) is 3.93. The van der Waals surface area contributed by atoms with Crippen molar-refractivity contribution in [2.24, 2.45) is 5.73 Å². The minimum Gasteiger partial charge on any atom is -0.378 e. The Hall–Kier alpha value is -2.46. The van der Waals surface area contributed by atoms with Gasteiger partial charge >= 0.3 is 0 Å². The van der Waals surface area contributed by atoms with Crippen molar-refractivity contribution < 1.29 is 4.39 Å². The quantitative estimate of drug-likeness (QED) is 0.771. The summed E-state index contributed by atoms with van der Waals surface area (Å²) in [6.45, 7) is 0.569. The van der Waals surface area contributed by atoms with E-state index in [0.29, 0.717) is 12.1 Å². The third-order valence-corrected chi connectivity index (χ3v) is 4.57. The molecule has 1 unspecified atom stereocenters. The highest BCUT2D eigenvalue weighted by Gasteiger charge is 2.23. The SMILES string of the molecule is NCc1ccc2c(c1)CCC2Nc1ccnc2c(F)cccc12. The molecular formula is C19H18FN3. The number of pyridine rings is 1. The number of fused-ring (bicyclic) bond motifs is 2. The average molecular weight is 307 g/mol. The number of anilines is 1. The van der Waals surface area contributed by atoms with Gasteiger partial charge in [-0.1, -0.05) is 30.3 Å². The first-order valence-corrected chi connectivity index (χ1v) is 7.88. The Morgan fingerprint density at radius 2 is 2.13 bits per heavy atom. The highest BCUT2D eigenvalue weighted by Crippen LogP contribution is 2.36. The Morgan fingerprint density at radius 1 is 1.22 bits per heavy atom. The predicted molar refractivity (Wildman–Crippen MR) is 90.7 cm³/mol. The lowest BCUT2D eigenvalue weighted by Crippen LogP contribution is -2.08. The van der Waals surface area contributed by atoms with Crippen LogP contribution in [0.5, 0.6) is 0 Å². The zero-order valence-corrected chi connectivity index (χ0v) is 12.7. The summed E-state index contributed by atoms with van der Waals surface area (Å²) in [5.74, 6) is -0.287. The van der Waals surface area contributed by atoms with Crippen LogP contribution in [0, 0.1) is 5.82 Å². The Kier molecular flexibility index (Phi) is 3.46. The highest BCUT2D eigenvalue weighted by molar-refractivity contribution is 5.91. The number of halogens is 1. The van der Waals surface area contributed by atoms with Crippen LogP contribution >= 0.6 is 0 Å². The molecule has 4 rings (SSSR count). The van der Waals surface area contributed by atoms with Crippen LogP contribution in [-0.2, 0) is 13.0 Å². The Balaban J connectivity index is 1.70. The smallest absolute Gasteiger partial charge is 0.149 e. The van der Waals surface area contributed by atoms with E-state index >= 15 is 0 Å². The number of aryl methyl sites for hydroxylation is 1. The molecule has 3 nitrogen and oxygen atoms in total. The van der Waals surface area contributed by atoms with Gasteiger partial charge in [0.15, 0.2) is 0 Å². The first kappa shape index (κ1) is 14.2. The van der Waals surface area contributed by atoms with Gasteiger partial charge in [-0.25, -0.2) is 4.39 Å². The van der Waals surface area contributed by atoms with E-state index in [1.165, 1.54) is 22.8 Å². The molecule has 1 heterocycles. The number of rotatable bonds is 3. The van der Waals surface area contributed by atoms with Gasteiger partial charge in [0.1, 0.15) is 11.3 Å². The largest absolute Gasteiger partial charge is 0.378 e. The summed E-state index contributed by atoms with van der Waals surface area (Å²) in [5.41, 5.74) is 10.9. The van der Waals surface area contributed by atoms with Gasteiger partial charge in [-0.3, -0.25) is 4.98 Å². The molecule has 3 aromatic rings. The van der Waals surface area contributed by atoms with Crippen LogP contribution in [0.2, 0.25) is 0 Å². The molecule has 0 aliphatic heterocycles. The van der Waals surface area contributed by atoms with E-state index in [0.717, 1.165) is 23.9 Å². The lowest BCUT2D eigenvalue weighted by molar-refractivity contribution is 0.637. The van der Waals surface area contributed by atoms with Gasteiger partial charge in [-0.15, -0.1) is 0 Å². The van der Waals surface area contributed by atoms with Crippen molar-refractivity contribution in [3.05, 3.63) is 71.2 Å². The van der Waals surface area contributed by atoms with E-state index in [2.05, 4.69) is 28.5 Å².